The minimum Gasteiger partial charge on any atom is -0.497 e. The number of hydrogen-bond donors (Lipinski definition) is 1. The minimum atomic E-state index is 0.502. The maximum Gasteiger partial charge on any atom is 0.160 e. The molecule has 0 saturated carbocycles. The van der Waals surface area contributed by atoms with Gasteiger partial charge in [-0.1, -0.05) is 0 Å². The van der Waals surface area contributed by atoms with E-state index in [-0.39, 0.29) is 0 Å². The van der Waals surface area contributed by atoms with E-state index in [0.29, 0.717) is 11.5 Å². The molecule has 1 aromatic carbocycles. The second kappa shape index (κ2) is 5.70. The maximum absolute atomic E-state index is 5.43. The van der Waals surface area contributed by atoms with Gasteiger partial charge in [-0.15, -0.1) is 0 Å². The average molecular weight is 206 g/mol. The number of ether oxygens (including phenoxy) is 2. The molecule has 0 saturated heterocycles. The lowest BCUT2D eigenvalue weighted by molar-refractivity contribution is 0.411. The van der Waals surface area contributed by atoms with E-state index in [1.807, 2.05) is 12.1 Å². The fourth-order valence-electron chi connectivity index (χ4n) is 1.01. The number of aliphatic imine (C=N–C) groups is 1. The largest absolute Gasteiger partial charge is 0.497 e. The van der Waals surface area contributed by atoms with Crippen molar-refractivity contribution < 1.29 is 9.47 Å². The summed E-state index contributed by atoms with van der Waals surface area (Å²) in [5, 5.41) is 0. The Labute approximate surface area is 89.0 Å². The number of allylic oxidation sites excluding steroid dienone is 1. The summed E-state index contributed by atoms with van der Waals surface area (Å²) in [4.78, 5) is 3.81. The van der Waals surface area contributed by atoms with Crippen LogP contribution in [0.15, 0.2) is 41.2 Å². The van der Waals surface area contributed by atoms with Crippen molar-refractivity contribution in [2.75, 3.05) is 14.2 Å². The molecule has 1 aromatic rings. The maximum atomic E-state index is 5.43. The highest BCUT2D eigenvalue weighted by Gasteiger charge is 1.97. The molecule has 0 atom stereocenters. The second-order valence-electron chi connectivity index (χ2n) is 2.73. The standard InChI is InChI=1S/C11H14N2O2/c1-13-8-11(7-12)15-10-5-3-9(14-2)4-6-10/h3-8H,12H2,1-2H3. The van der Waals surface area contributed by atoms with Crippen LogP contribution >= 0.6 is 0 Å². The van der Waals surface area contributed by atoms with Crippen LogP contribution < -0.4 is 15.2 Å². The predicted octanol–water partition coefficient (Wildman–Crippen LogP) is 1.57. The molecule has 4 heteroatoms. The summed E-state index contributed by atoms with van der Waals surface area (Å²) in [5.41, 5.74) is 5.36. The number of rotatable bonds is 4. The van der Waals surface area contributed by atoms with Gasteiger partial charge in [0.25, 0.3) is 0 Å². The number of nitrogens with zero attached hydrogens (tertiary/aromatic N) is 1. The van der Waals surface area contributed by atoms with Crippen molar-refractivity contribution in [3.8, 4) is 11.5 Å². The first kappa shape index (κ1) is 11.1. The van der Waals surface area contributed by atoms with Crippen molar-refractivity contribution in [2.24, 2.45) is 10.7 Å². The first-order valence-corrected chi connectivity index (χ1v) is 4.46. The fourth-order valence-corrected chi connectivity index (χ4v) is 1.01. The van der Waals surface area contributed by atoms with Gasteiger partial charge in [0, 0.05) is 13.2 Å². The molecule has 0 fully saturated rings. The number of nitrogens with two attached hydrogens (primary N) is 1. The zero-order chi connectivity index (χ0) is 11.1. The number of methoxy groups -OCH3 is 1. The summed E-state index contributed by atoms with van der Waals surface area (Å²) in [6.45, 7) is 0. The van der Waals surface area contributed by atoms with Crippen LogP contribution in [-0.2, 0) is 0 Å². The smallest absolute Gasteiger partial charge is 0.160 e. The van der Waals surface area contributed by atoms with E-state index in [0.717, 1.165) is 5.75 Å². The van der Waals surface area contributed by atoms with E-state index in [2.05, 4.69) is 4.99 Å². The highest BCUT2D eigenvalue weighted by molar-refractivity contribution is 5.76. The molecule has 0 aromatic heterocycles. The van der Waals surface area contributed by atoms with E-state index in [9.17, 15) is 0 Å². The van der Waals surface area contributed by atoms with Gasteiger partial charge in [-0.2, -0.15) is 0 Å². The minimum absolute atomic E-state index is 0.502. The van der Waals surface area contributed by atoms with Crippen molar-refractivity contribution >= 4 is 6.21 Å². The van der Waals surface area contributed by atoms with Gasteiger partial charge in [0.05, 0.1) is 13.3 Å². The molecular weight excluding hydrogens is 192 g/mol. The van der Waals surface area contributed by atoms with Gasteiger partial charge in [-0.25, -0.2) is 0 Å². The van der Waals surface area contributed by atoms with Gasteiger partial charge in [0.2, 0.25) is 0 Å². The normalized spacial score (nSPS) is 11.7. The summed E-state index contributed by atoms with van der Waals surface area (Å²) >= 11 is 0. The van der Waals surface area contributed by atoms with E-state index in [1.165, 1.54) is 6.20 Å². The lowest BCUT2D eigenvalue weighted by atomic mass is 10.3. The number of hydrogen-bond acceptors (Lipinski definition) is 4. The van der Waals surface area contributed by atoms with Crippen molar-refractivity contribution in [3.63, 3.8) is 0 Å². The molecule has 0 aliphatic carbocycles. The van der Waals surface area contributed by atoms with Crippen molar-refractivity contribution in [2.45, 2.75) is 0 Å². The molecular formula is C11H14N2O2. The second-order valence-corrected chi connectivity index (χ2v) is 2.73. The van der Waals surface area contributed by atoms with E-state index < -0.39 is 0 Å². The van der Waals surface area contributed by atoms with E-state index in [1.54, 1.807) is 32.5 Å². The molecule has 0 radical (unpaired) electrons. The average Bonchev–Trinajstić information content (AvgIpc) is 2.29. The highest BCUT2D eigenvalue weighted by Crippen LogP contribution is 2.18. The van der Waals surface area contributed by atoms with Crippen molar-refractivity contribution in [1.82, 2.24) is 0 Å². The molecule has 0 spiro atoms. The van der Waals surface area contributed by atoms with Gasteiger partial charge in [0.1, 0.15) is 11.5 Å². The Morgan fingerprint density at radius 2 is 1.87 bits per heavy atom. The molecule has 1 rings (SSSR count). The fraction of sp³-hybridized carbons (Fsp3) is 0.182. The zero-order valence-electron chi connectivity index (χ0n) is 8.81. The van der Waals surface area contributed by atoms with Gasteiger partial charge < -0.3 is 15.2 Å². The third kappa shape index (κ3) is 3.34. The predicted molar refractivity (Wildman–Crippen MR) is 60.3 cm³/mol. The quantitative estimate of drug-likeness (QED) is 0.601. The Balaban J connectivity index is 2.72. The van der Waals surface area contributed by atoms with Gasteiger partial charge in [-0.05, 0) is 24.3 Å². The SMILES string of the molecule is CN=CC(=CN)Oc1ccc(OC)cc1. The van der Waals surface area contributed by atoms with Crippen LogP contribution in [0.3, 0.4) is 0 Å². The Morgan fingerprint density at radius 3 is 2.33 bits per heavy atom. The number of benzene rings is 1. The zero-order valence-corrected chi connectivity index (χ0v) is 8.81. The summed E-state index contributed by atoms with van der Waals surface area (Å²) < 4.78 is 10.5. The van der Waals surface area contributed by atoms with Crippen molar-refractivity contribution in [3.05, 3.63) is 36.2 Å². The summed E-state index contributed by atoms with van der Waals surface area (Å²) in [7, 11) is 3.27. The Kier molecular flexibility index (Phi) is 4.22. The first-order chi connectivity index (χ1) is 7.30. The molecule has 4 nitrogen and oxygen atoms in total. The molecule has 0 aliphatic rings. The molecule has 15 heavy (non-hydrogen) atoms. The lowest BCUT2D eigenvalue weighted by Gasteiger charge is -2.05. The lowest BCUT2D eigenvalue weighted by Crippen LogP contribution is -2.00. The molecule has 0 aliphatic heterocycles. The van der Waals surface area contributed by atoms with Gasteiger partial charge >= 0.3 is 0 Å². The van der Waals surface area contributed by atoms with E-state index in [4.69, 9.17) is 15.2 Å². The highest BCUT2D eigenvalue weighted by atomic mass is 16.5. The summed E-state index contributed by atoms with van der Waals surface area (Å²) in [5.74, 6) is 1.97. The Hall–Kier alpha value is -1.97. The Bertz CT molecular complexity index is 355. The molecule has 0 unspecified atom stereocenters. The summed E-state index contributed by atoms with van der Waals surface area (Å²) in [6, 6.07) is 7.22. The van der Waals surface area contributed by atoms with Crippen LogP contribution in [-0.4, -0.2) is 20.4 Å². The van der Waals surface area contributed by atoms with Crippen LogP contribution in [0.5, 0.6) is 11.5 Å². The van der Waals surface area contributed by atoms with Crippen LogP contribution in [0.4, 0.5) is 0 Å². The van der Waals surface area contributed by atoms with E-state index >= 15 is 0 Å². The molecule has 0 heterocycles. The summed E-state index contributed by atoms with van der Waals surface area (Å²) in [6.07, 6.45) is 2.90. The Morgan fingerprint density at radius 1 is 1.27 bits per heavy atom. The van der Waals surface area contributed by atoms with Gasteiger partial charge in [-0.3, -0.25) is 4.99 Å². The van der Waals surface area contributed by atoms with Crippen LogP contribution in [0.25, 0.3) is 0 Å². The monoisotopic (exact) mass is 206 g/mol. The van der Waals surface area contributed by atoms with Gasteiger partial charge in [0.15, 0.2) is 5.76 Å². The third-order valence-corrected chi connectivity index (χ3v) is 1.72. The van der Waals surface area contributed by atoms with Crippen LogP contribution in [0.1, 0.15) is 0 Å². The van der Waals surface area contributed by atoms with Crippen LogP contribution in [0.2, 0.25) is 0 Å². The first-order valence-electron chi connectivity index (χ1n) is 4.46. The molecule has 0 amide bonds. The molecule has 0 bridgehead atoms. The van der Waals surface area contributed by atoms with Crippen molar-refractivity contribution in [1.29, 1.82) is 0 Å². The van der Waals surface area contributed by atoms with Crippen LogP contribution in [0, 0.1) is 0 Å². The molecule has 80 valence electrons. The molecule has 2 N–H and O–H groups in total. The topological polar surface area (TPSA) is 56.8 Å². The third-order valence-electron chi connectivity index (χ3n) is 1.72.